The quantitative estimate of drug-likeness (QED) is 0.486. The lowest BCUT2D eigenvalue weighted by Gasteiger charge is -2.14. The third-order valence-corrected chi connectivity index (χ3v) is 6.46. The molecule has 32 heavy (non-hydrogen) atoms. The molecule has 0 bridgehead atoms. The largest absolute Gasteiger partial charge is 0.489 e. The number of rotatable bonds is 9. The second-order valence-electron chi connectivity index (χ2n) is 7.47. The van der Waals surface area contributed by atoms with Crippen LogP contribution in [0.25, 0.3) is 0 Å². The molecule has 0 atom stereocenters. The molecular formula is C23H27N3O5S. The number of nitrogens with zero attached hydrogens (tertiary/aromatic N) is 1. The summed E-state index contributed by atoms with van der Waals surface area (Å²) in [7, 11) is -3.43. The van der Waals surface area contributed by atoms with Gasteiger partial charge >= 0.3 is 0 Å². The van der Waals surface area contributed by atoms with E-state index < -0.39 is 10.0 Å². The molecule has 0 radical (unpaired) electrons. The van der Waals surface area contributed by atoms with Crippen LogP contribution in [-0.2, 0) is 16.6 Å². The lowest BCUT2D eigenvalue weighted by atomic mass is 10.1. The summed E-state index contributed by atoms with van der Waals surface area (Å²) in [4.78, 5) is 12.8. The first kappa shape index (κ1) is 23.3. The van der Waals surface area contributed by atoms with Gasteiger partial charge in [-0.25, -0.2) is 8.42 Å². The van der Waals surface area contributed by atoms with Crippen molar-refractivity contribution in [2.24, 2.45) is 0 Å². The molecule has 2 N–H and O–H groups in total. The van der Waals surface area contributed by atoms with Crippen LogP contribution in [0.4, 0.5) is 11.4 Å². The van der Waals surface area contributed by atoms with Gasteiger partial charge in [-0.1, -0.05) is 24.2 Å². The Morgan fingerprint density at radius 3 is 2.50 bits per heavy atom. The Labute approximate surface area is 188 Å². The van der Waals surface area contributed by atoms with Crippen LogP contribution < -0.4 is 14.8 Å². The van der Waals surface area contributed by atoms with Gasteiger partial charge in [-0.05, 0) is 63.1 Å². The smallest absolute Gasteiger partial charge is 0.255 e. The maximum Gasteiger partial charge on any atom is 0.255 e. The molecule has 0 fully saturated rings. The molecule has 1 heterocycles. The number of nitrogens with one attached hydrogen (secondary N) is 2. The molecular weight excluding hydrogens is 430 g/mol. The van der Waals surface area contributed by atoms with Crippen LogP contribution in [0.2, 0.25) is 0 Å². The lowest BCUT2D eigenvalue weighted by Crippen LogP contribution is -2.18. The number of amides is 1. The van der Waals surface area contributed by atoms with Gasteiger partial charge in [0.25, 0.3) is 5.91 Å². The average molecular weight is 458 g/mol. The standard InChI is InChI=1S/C23H27N3O5S/c1-5-12-32(28,29)26-22-11-7-10-21(15(22)2)24-23(27)18-8-6-9-19(13-18)30-14-20-16(3)25-31-17(20)4/h6-11,13,26H,5,12,14H2,1-4H3,(H,24,27). The fourth-order valence-electron chi connectivity index (χ4n) is 3.15. The highest BCUT2D eigenvalue weighted by molar-refractivity contribution is 7.92. The van der Waals surface area contributed by atoms with Crippen molar-refractivity contribution in [2.75, 3.05) is 15.8 Å². The molecule has 1 aromatic heterocycles. The topological polar surface area (TPSA) is 111 Å². The van der Waals surface area contributed by atoms with Crippen LogP contribution in [0, 0.1) is 20.8 Å². The second-order valence-corrected chi connectivity index (χ2v) is 9.31. The number of hydrogen-bond donors (Lipinski definition) is 2. The molecule has 0 saturated heterocycles. The van der Waals surface area contributed by atoms with Gasteiger partial charge in [0.15, 0.2) is 0 Å². The molecule has 1 amide bonds. The highest BCUT2D eigenvalue weighted by atomic mass is 32.2. The van der Waals surface area contributed by atoms with Crippen LogP contribution in [0.1, 0.15) is 46.3 Å². The Hall–Kier alpha value is -3.33. The Morgan fingerprint density at radius 1 is 1.09 bits per heavy atom. The molecule has 9 heteroatoms. The summed E-state index contributed by atoms with van der Waals surface area (Å²) in [5.41, 5.74) is 3.64. The monoisotopic (exact) mass is 457 g/mol. The zero-order valence-corrected chi connectivity index (χ0v) is 19.4. The number of aryl methyl sites for hydroxylation is 2. The van der Waals surface area contributed by atoms with E-state index in [4.69, 9.17) is 9.26 Å². The molecule has 0 spiro atoms. The van der Waals surface area contributed by atoms with E-state index in [-0.39, 0.29) is 18.3 Å². The van der Waals surface area contributed by atoms with Gasteiger partial charge in [-0.3, -0.25) is 9.52 Å². The lowest BCUT2D eigenvalue weighted by molar-refractivity contribution is 0.102. The third-order valence-electron chi connectivity index (χ3n) is 4.98. The Morgan fingerprint density at radius 2 is 1.81 bits per heavy atom. The first-order valence-corrected chi connectivity index (χ1v) is 11.9. The van der Waals surface area contributed by atoms with Gasteiger partial charge in [-0.15, -0.1) is 0 Å². The maximum absolute atomic E-state index is 12.8. The van der Waals surface area contributed by atoms with E-state index in [1.165, 1.54) is 0 Å². The molecule has 2 aromatic carbocycles. The summed E-state index contributed by atoms with van der Waals surface area (Å²) in [5.74, 6) is 0.935. The minimum atomic E-state index is -3.43. The highest BCUT2D eigenvalue weighted by Crippen LogP contribution is 2.25. The predicted molar refractivity (Wildman–Crippen MR) is 124 cm³/mol. The minimum absolute atomic E-state index is 0.0315. The van der Waals surface area contributed by atoms with Crippen molar-refractivity contribution >= 4 is 27.3 Å². The van der Waals surface area contributed by atoms with Gasteiger partial charge in [-0.2, -0.15) is 0 Å². The fourth-order valence-corrected chi connectivity index (χ4v) is 4.35. The van der Waals surface area contributed by atoms with Crippen molar-refractivity contribution in [1.29, 1.82) is 0 Å². The summed E-state index contributed by atoms with van der Waals surface area (Å²) in [6, 6.07) is 11.9. The van der Waals surface area contributed by atoms with Gasteiger partial charge in [0.1, 0.15) is 18.1 Å². The number of aromatic nitrogens is 1. The van der Waals surface area contributed by atoms with Gasteiger partial charge in [0.05, 0.1) is 22.7 Å². The number of carbonyl (C=O) groups is 1. The van der Waals surface area contributed by atoms with Crippen molar-refractivity contribution in [3.8, 4) is 5.75 Å². The summed E-state index contributed by atoms with van der Waals surface area (Å²) in [6.45, 7) is 7.50. The molecule has 0 aliphatic heterocycles. The number of hydrogen-bond acceptors (Lipinski definition) is 6. The average Bonchev–Trinajstić information content (AvgIpc) is 3.06. The van der Waals surface area contributed by atoms with Crippen molar-refractivity contribution in [3.63, 3.8) is 0 Å². The first-order valence-electron chi connectivity index (χ1n) is 10.3. The number of anilines is 2. The van der Waals surface area contributed by atoms with Crippen molar-refractivity contribution in [3.05, 3.63) is 70.6 Å². The highest BCUT2D eigenvalue weighted by Gasteiger charge is 2.15. The second kappa shape index (κ2) is 9.86. The molecule has 0 aliphatic carbocycles. The number of ether oxygens (including phenoxy) is 1. The van der Waals surface area contributed by atoms with E-state index in [0.29, 0.717) is 40.4 Å². The van der Waals surface area contributed by atoms with E-state index in [1.54, 1.807) is 56.3 Å². The zero-order valence-electron chi connectivity index (χ0n) is 18.6. The molecule has 8 nitrogen and oxygen atoms in total. The minimum Gasteiger partial charge on any atom is -0.489 e. The van der Waals surface area contributed by atoms with Crippen molar-refractivity contribution < 1.29 is 22.5 Å². The molecule has 3 rings (SSSR count). The van der Waals surface area contributed by atoms with E-state index in [2.05, 4.69) is 15.2 Å². The summed E-state index contributed by atoms with van der Waals surface area (Å²) in [6.07, 6.45) is 0.513. The van der Waals surface area contributed by atoms with Crippen LogP contribution >= 0.6 is 0 Å². The van der Waals surface area contributed by atoms with Gasteiger partial charge in [0, 0.05) is 11.3 Å². The first-order chi connectivity index (χ1) is 15.2. The zero-order chi connectivity index (χ0) is 23.3. The van der Waals surface area contributed by atoms with Crippen LogP contribution in [0.5, 0.6) is 5.75 Å². The molecule has 0 saturated carbocycles. The van der Waals surface area contributed by atoms with Crippen LogP contribution in [-0.4, -0.2) is 25.2 Å². The van der Waals surface area contributed by atoms with E-state index in [9.17, 15) is 13.2 Å². The van der Waals surface area contributed by atoms with Crippen molar-refractivity contribution in [2.45, 2.75) is 40.7 Å². The van der Waals surface area contributed by atoms with Crippen LogP contribution in [0.15, 0.2) is 47.0 Å². The summed E-state index contributed by atoms with van der Waals surface area (Å²) < 4.78 is 37.8. The number of benzene rings is 2. The Bertz CT molecular complexity index is 1200. The molecule has 170 valence electrons. The summed E-state index contributed by atoms with van der Waals surface area (Å²) in [5, 5.41) is 6.75. The fraction of sp³-hybridized carbons (Fsp3) is 0.304. The van der Waals surface area contributed by atoms with Gasteiger partial charge < -0.3 is 14.6 Å². The normalized spacial score (nSPS) is 11.2. The Kier molecular flexibility index (Phi) is 7.19. The van der Waals surface area contributed by atoms with Crippen LogP contribution in [0.3, 0.4) is 0 Å². The van der Waals surface area contributed by atoms with E-state index >= 15 is 0 Å². The number of sulfonamides is 1. The number of carbonyl (C=O) groups excluding carboxylic acids is 1. The van der Waals surface area contributed by atoms with E-state index in [1.807, 2.05) is 13.8 Å². The van der Waals surface area contributed by atoms with E-state index in [0.717, 1.165) is 11.3 Å². The molecule has 0 aliphatic rings. The van der Waals surface area contributed by atoms with Crippen molar-refractivity contribution in [1.82, 2.24) is 5.16 Å². The third kappa shape index (κ3) is 5.67. The molecule has 0 unspecified atom stereocenters. The molecule has 3 aromatic rings. The SMILES string of the molecule is CCCS(=O)(=O)Nc1cccc(NC(=O)c2cccc(OCc3c(C)noc3C)c2)c1C. The summed E-state index contributed by atoms with van der Waals surface area (Å²) >= 11 is 0. The maximum atomic E-state index is 12.8. The Balaban J connectivity index is 1.72. The predicted octanol–water partition coefficient (Wildman–Crippen LogP) is 4.58. The van der Waals surface area contributed by atoms with Gasteiger partial charge in [0.2, 0.25) is 10.0 Å².